The molecule has 21 heavy (non-hydrogen) atoms. The van der Waals surface area contributed by atoms with Crippen LogP contribution in [-0.4, -0.2) is 23.9 Å². The molecule has 0 aromatic heterocycles. The Kier molecular flexibility index (Phi) is 3.78. The van der Waals surface area contributed by atoms with Gasteiger partial charge in [0.25, 0.3) is 5.91 Å². The van der Waals surface area contributed by atoms with E-state index in [1.807, 2.05) is 25.1 Å². The van der Waals surface area contributed by atoms with E-state index >= 15 is 0 Å². The molecule has 2 aliphatic rings. The van der Waals surface area contributed by atoms with E-state index in [0.717, 1.165) is 47.8 Å². The second-order valence-electron chi connectivity index (χ2n) is 6.02. The summed E-state index contributed by atoms with van der Waals surface area (Å²) < 4.78 is 1.01. The lowest BCUT2D eigenvalue weighted by atomic mass is 9.79. The number of hydrogen-bond acceptors (Lipinski definition) is 2. The summed E-state index contributed by atoms with van der Waals surface area (Å²) in [5, 5.41) is 2.97. The molecule has 1 heterocycles. The van der Waals surface area contributed by atoms with Gasteiger partial charge in [0.2, 0.25) is 5.91 Å². The quantitative estimate of drug-likeness (QED) is 0.846. The number of carbonyl (C=O) groups is 2. The molecule has 0 atom stereocenters. The molecule has 0 unspecified atom stereocenters. The molecule has 1 aliphatic carbocycles. The van der Waals surface area contributed by atoms with Crippen molar-refractivity contribution in [2.45, 2.75) is 44.6 Å². The SMILES string of the molecule is Cc1cc(N2CC(=O)NC3(CCCCC3)C2=O)ccc1Br. The smallest absolute Gasteiger partial charge is 0.253 e. The molecule has 0 bridgehead atoms. The fourth-order valence-electron chi connectivity index (χ4n) is 3.33. The number of carbonyl (C=O) groups excluding carboxylic acids is 2. The largest absolute Gasteiger partial charge is 0.340 e. The highest BCUT2D eigenvalue weighted by Crippen LogP contribution is 2.34. The Morgan fingerprint density at radius 2 is 1.90 bits per heavy atom. The summed E-state index contributed by atoms with van der Waals surface area (Å²) in [5.74, 6) is -0.0133. The monoisotopic (exact) mass is 350 g/mol. The van der Waals surface area contributed by atoms with Gasteiger partial charge >= 0.3 is 0 Å². The van der Waals surface area contributed by atoms with Crippen molar-refractivity contribution in [3.63, 3.8) is 0 Å². The van der Waals surface area contributed by atoms with Crippen LogP contribution in [0.5, 0.6) is 0 Å². The standard InChI is InChI=1S/C16H19BrN2O2/c1-11-9-12(5-6-13(11)17)19-10-14(20)18-16(15(19)21)7-3-2-4-8-16/h5-6,9H,2-4,7-8,10H2,1H3,(H,18,20). The van der Waals surface area contributed by atoms with Gasteiger partial charge in [0, 0.05) is 10.2 Å². The van der Waals surface area contributed by atoms with Gasteiger partial charge < -0.3 is 10.2 Å². The van der Waals surface area contributed by atoms with Gasteiger partial charge in [-0.3, -0.25) is 9.59 Å². The fraction of sp³-hybridized carbons (Fsp3) is 0.500. The third-order valence-electron chi connectivity index (χ3n) is 4.50. The van der Waals surface area contributed by atoms with E-state index in [-0.39, 0.29) is 18.4 Å². The first-order chi connectivity index (χ1) is 10.0. The van der Waals surface area contributed by atoms with Gasteiger partial charge in [-0.1, -0.05) is 35.2 Å². The summed E-state index contributed by atoms with van der Waals surface area (Å²) >= 11 is 3.47. The van der Waals surface area contributed by atoms with E-state index in [0.29, 0.717) is 0 Å². The van der Waals surface area contributed by atoms with Crippen molar-refractivity contribution in [3.8, 4) is 0 Å². The molecule has 1 saturated carbocycles. The van der Waals surface area contributed by atoms with Gasteiger partial charge in [-0.25, -0.2) is 0 Å². The van der Waals surface area contributed by atoms with Crippen LogP contribution in [0.2, 0.25) is 0 Å². The lowest BCUT2D eigenvalue weighted by molar-refractivity contribution is -0.137. The normalized spacial score (nSPS) is 21.5. The highest BCUT2D eigenvalue weighted by molar-refractivity contribution is 9.10. The van der Waals surface area contributed by atoms with Gasteiger partial charge in [0.15, 0.2) is 0 Å². The third kappa shape index (κ3) is 2.59. The zero-order valence-electron chi connectivity index (χ0n) is 12.1. The summed E-state index contributed by atoms with van der Waals surface area (Å²) in [6, 6.07) is 5.78. The van der Waals surface area contributed by atoms with Crippen LogP contribution in [0.25, 0.3) is 0 Å². The van der Waals surface area contributed by atoms with Crippen molar-refractivity contribution in [1.82, 2.24) is 5.32 Å². The number of anilines is 1. The first kappa shape index (κ1) is 14.6. The molecule has 1 saturated heterocycles. The van der Waals surface area contributed by atoms with Crippen LogP contribution in [0.15, 0.2) is 22.7 Å². The zero-order chi connectivity index (χ0) is 15.0. The van der Waals surface area contributed by atoms with Crippen LogP contribution in [0.3, 0.4) is 0 Å². The van der Waals surface area contributed by atoms with E-state index in [9.17, 15) is 9.59 Å². The van der Waals surface area contributed by atoms with Crippen molar-refractivity contribution in [3.05, 3.63) is 28.2 Å². The van der Waals surface area contributed by atoms with Crippen molar-refractivity contribution < 1.29 is 9.59 Å². The molecule has 1 aliphatic heterocycles. The molecule has 5 heteroatoms. The third-order valence-corrected chi connectivity index (χ3v) is 5.39. The van der Waals surface area contributed by atoms with E-state index in [2.05, 4.69) is 21.2 Å². The Morgan fingerprint density at radius 3 is 2.57 bits per heavy atom. The van der Waals surface area contributed by atoms with Crippen molar-refractivity contribution in [2.24, 2.45) is 0 Å². The maximum atomic E-state index is 12.9. The van der Waals surface area contributed by atoms with Crippen LogP contribution in [-0.2, 0) is 9.59 Å². The molecule has 1 spiro atoms. The van der Waals surface area contributed by atoms with Crippen LogP contribution in [0.4, 0.5) is 5.69 Å². The molecule has 2 fully saturated rings. The van der Waals surface area contributed by atoms with Gasteiger partial charge in [-0.2, -0.15) is 0 Å². The highest BCUT2D eigenvalue weighted by atomic mass is 79.9. The number of rotatable bonds is 1. The van der Waals surface area contributed by atoms with E-state index in [1.165, 1.54) is 0 Å². The number of halogens is 1. The number of piperazine rings is 1. The van der Waals surface area contributed by atoms with E-state index in [4.69, 9.17) is 0 Å². The summed E-state index contributed by atoms with van der Waals surface area (Å²) in [6.07, 6.45) is 4.65. The number of hydrogen-bond donors (Lipinski definition) is 1. The minimum Gasteiger partial charge on any atom is -0.340 e. The minimum absolute atomic E-state index is 0.0449. The topological polar surface area (TPSA) is 49.4 Å². The lowest BCUT2D eigenvalue weighted by Gasteiger charge is -2.44. The second kappa shape index (κ2) is 5.44. The van der Waals surface area contributed by atoms with Crippen LogP contribution < -0.4 is 10.2 Å². The molecule has 112 valence electrons. The van der Waals surface area contributed by atoms with E-state index in [1.54, 1.807) is 4.90 Å². The Hall–Kier alpha value is -1.36. The van der Waals surface area contributed by atoms with Gasteiger partial charge in [0.05, 0.1) is 0 Å². The predicted octanol–water partition coefficient (Wildman–Crippen LogP) is 2.92. The second-order valence-corrected chi connectivity index (χ2v) is 6.87. The van der Waals surface area contributed by atoms with Crippen LogP contribution >= 0.6 is 15.9 Å². The minimum atomic E-state index is -0.672. The molecule has 4 nitrogen and oxygen atoms in total. The first-order valence-electron chi connectivity index (χ1n) is 7.41. The molecule has 0 radical (unpaired) electrons. The average Bonchev–Trinajstić information content (AvgIpc) is 2.47. The molecule has 3 rings (SSSR count). The number of amides is 2. The summed E-state index contributed by atoms with van der Waals surface area (Å²) in [5.41, 5.74) is 1.19. The predicted molar refractivity (Wildman–Crippen MR) is 85.2 cm³/mol. The molecular weight excluding hydrogens is 332 g/mol. The summed E-state index contributed by atoms with van der Waals surface area (Å²) in [7, 11) is 0. The zero-order valence-corrected chi connectivity index (χ0v) is 13.7. The van der Waals surface area contributed by atoms with Crippen LogP contribution in [0, 0.1) is 6.92 Å². The number of nitrogens with zero attached hydrogens (tertiary/aromatic N) is 1. The summed E-state index contributed by atoms with van der Waals surface area (Å²) in [6.45, 7) is 2.10. The van der Waals surface area contributed by atoms with Crippen LogP contribution in [0.1, 0.15) is 37.7 Å². The molecule has 1 N–H and O–H groups in total. The number of nitrogens with one attached hydrogen (secondary N) is 1. The Labute approximate surface area is 133 Å². The Bertz CT molecular complexity index is 594. The Balaban J connectivity index is 1.95. The fourth-order valence-corrected chi connectivity index (χ4v) is 3.58. The maximum absolute atomic E-state index is 12.9. The molecule has 1 aromatic rings. The number of benzene rings is 1. The van der Waals surface area contributed by atoms with Gasteiger partial charge in [0.1, 0.15) is 12.1 Å². The van der Waals surface area contributed by atoms with Gasteiger partial charge in [-0.15, -0.1) is 0 Å². The Morgan fingerprint density at radius 1 is 1.19 bits per heavy atom. The van der Waals surface area contributed by atoms with Gasteiger partial charge in [-0.05, 0) is 43.5 Å². The molecular formula is C16H19BrN2O2. The first-order valence-corrected chi connectivity index (χ1v) is 8.20. The van der Waals surface area contributed by atoms with E-state index < -0.39 is 5.54 Å². The highest BCUT2D eigenvalue weighted by Gasteiger charge is 2.47. The van der Waals surface area contributed by atoms with Crippen molar-refractivity contribution in [1.29, 1.82) is 0 Å². The molecule has 1 aromatic carbocycles. The molecule has 2 amide bonds. The average molecular weight is 351 g/mol. The number of aryl methyl sites for hydroxylation is 1. The lowest BCUT2D eigenvalue weighted by Crippen LogP contribution is -2.67. The summed E-state index contributed by atoms with van der Waals surface area (Å²) in [4.78, 5) is 26.7. The maximum Gasteiger partial charge on any atom is 0.253 e. The van der Waals surface area contributed by atoms with Crippen molar-refractivity contribution in [2.75, 3.05) is 11.4 Å². The van der Waals surface area contributed by atoms with Crippen molar-refractivity contribution >= 4 is 33.4 Å².